The number of ketones is 2. The molecule has 14 heteroatoms. The molecule has 2 aliphatic heterocycles. The molecule has 332 valence electrons. The van der Waals surface area contributed by atoms with E-state index < -0.39 is 77.4 Å². The van der Waals surface area contributed by atoms with Crippen molar-refractivity contribution in [3.63, 3.8) is 0 Å². The quantitative estimate of drug-likeness (QED) is 0.0863. The summed E-state index contributed by atoms with van der Waals surface area (Å²) in [5.41, 5.74) is -0.994. The molecule has 6 atom stereocenters. The number of esters is 2. The van der Waals surface area contributed by atoms with E-state index in [0.29, 0.717) is 38.0 Å². The van der Waals surface area contributed by atoms with Crippen molar-refractivity contribution in [3.05, 3.63) is 40.7 Å². The van der Waals surface area contributed by atoms with Crippen LogP contribution in [0.3, 0.4) is 0 Å². The lowest BCUT2D eigenvalue weighted by Crippen LogP contribution is -2.75. The predicted octanol–water partition coefficient (Wildman–Crippen LogP) is 7.23. The number of unbranched alkanes of at least 4 members (excludes halogenated alkanes) is 4. The number of nitrogens with zero attached hydrogens (tertiary/aromatic N) is 1. The molecule has 5 rings (SSSR count). The molecule has 4 aliphatic rings. The Labute approximate surface area is 355 Å². The molecule has 0 unspecified atom stereocenters. The molecule has 0 aromatic heterocycles. The summed E-state index contributed by atoms with van der Waals surface area (Å²) in [7, 11) is 2.00. The fraction of sp³-hybridized carbons (Fsp3) is 0.696. The molecule has 0 saturated carbocycles. The number of aryl methyl sites for hydroxylation is 1. The number of likely N-dealkylation sites (N-methyl/N-ethyl adjacent to an activating group) is 1. The van der Waals surface area contributed by atoms with Crippen molar-refractivity contribution in [2.24, 2.45) is 0 Å². The fourth-order valence-corrected chi connectivity index (χ4v) is 9.34. The number of rotatable bonds is 18. The average Bonchev–Trinajstić information content (AvgIpc) is 3.49. The van der Waals surface area contributed by atoms with Crippen LogP contribution in [0.5, 0.6) is 5.75 Å². The topological polar surface area (TPSA) is 176 Å². The van der Waals surface area contributed by atoms with E-state index in [4.69, 9.17) is 23.7 Å². The minimum Gasteiger partial charge on any atom is -0.481 e. The Morgan fingerprint density at radius 2 is 1.38 bits per heavy atom. The standard InChI is InChI=1S/C46H67N3O11/c1-11-13-15-17-32(50)30(47-41(54)59-43(4,5)6)26-36(52)56-34-21-22-46(58-37(53)27-31(33(51)18-16-14-12-2)48-42(55)60-44(7,8)9)35-25-29-20-19-28(3)39-38(29)45(46,40(34)57-39)23-24-49(35)10/h19-21,30-31,35,40H,11-18,22-27H2,1-10H3,(H,47,54)(H,48,55)/t30-,31-,35+,40-,45-,46+/m0/s1. The van der Waals surface area contributed by atoms with Gasteiger partial charge in [-0.15, -0.1) is 0 Å². The van der Waals surface area contributed by atoms with Gasteiger partial charge in [0.2, 0.25) is 0 Å². The first-order valence-electron chi connectivity index (χ1n) is 21.8. The van der Waals surface area contributed by atoms with Gasteiger partial charge in [-0.25, -0.2) is 9.59 Å². The Kier molecular flexibility index (Phi) is 14.5. The molecule has 1 spiro atoms. The molecule has 1 aromatic carbocycles. The Hall–Kier alpha value is -4.46. The molecule has 2 N–H and O–H groups in total. The molecule has 1 fully saturated rings. The lowest BCUT2D eigenvalue weighted by Gasteiger charge is -2.62. The maximum atomic E-state index is 14.4. The monoisotopic (exact) mass is 837 g/mol. The molecular formula is C46H67N3O11. The molecular weight excluding hydrogens is 771 g/mol. The maximum absolute atomic E-state index is 14.4. The summed E-state index contributed by atoms with van der Waals surface area (Å²) in [5.74, 6) is -1.09. The van der Waals surface area contributed by atoms with Crippen LogP contribution in [0.2, 0.25) is 0 Å². The number of hydrogen-bond acceptors (Lipinski definition) is 12. The first kappa shape index (κ1) is 46.6. The smallest absolute Gasteiger partial charge is 0.408 e. The maximum Gasteiger partial charge on any atom is 0.408 e. The summed E-state index contributed by atoms with van der Waals surface area (Å²) in [4.78, 5) is 83.3. The Balaban J connectivity index is 1.48. The normalized spacial score (nSPS) is 23.8. The zero-order valence-electron chi connectivity index (χ0n) is 37.4. The van der Waals surface area contributed by atoms with E-state index in [0.717, 1.165) is 42.4 Å². The molecule has 0 radical (unpaired) electrons. The summed E-state index contributed by atoms with van der Waals surface area (Å²) in [6.45, 7) is 16.9. The second-order valence-corrected chi connectivity index (χ2v) is 19.0. The molecule has 1 saturated heterocycles. The summed E-state index contributed by atoms with van der Waals surface area (Å²) in [6, 6.07) is 1.44. The van der Waals surface area contributed by atoms with Gasteiger partial charge in [-0.1, -0.05) is 51.7 Å². The number of hydrogen-bond donors (Lipinski definition) is 2. The summed E-state index contributed by atoms with van der Waals surface area (Å²) in [5, 5.41) is 5.26. The van der Waals surface area contributed by atoms with Gasteiger partial charge in [0.15, 0.2) is 17.7 Å². The van der Waals surface area contributed by atoms with Crippen molar-refractivity contribution in [2.75, 3.05) is 13.6 Å². The van der Waals surface area contributed by atoms with Crippen molar-refractivity contribution in [1.29, 1.82) is 0 Å². The van der Waals surface area contributed by atoms with Gasteiger partial charge in [0, 0.05) is 24.8 Å². The Morgan fingerprint density at radius 3 is 1.92 bits per heavy atom. The van der Waals surface area contributed by atoms with Gasteiger partial charge in [0.1, 0.15) is 40.4 Å². The minimum absolute atomic E-state index is 0.160. The zero-order valence-corrected chi connectivity index (χ0v) is 37.4. The molecule has 60 heavy (non-hydrogen) atoms. The summed E-state index contributed by atoms with van der Waals surface area (Å²) >= 11 is 0. The molecule has 2 bridgehead atoms. The third-order valence-electron chi connectivity index (χ3n) is 12.0. The van der Waals surface area contributed by atoms with Gasteiger partial charge in [-0.2, -0.15) is 0 Å². The highest BCUT2D eigenvalue weighted by Crippen LogP contribution is 2.65. The molecule has 2 aliphatic carbocycles. The van der Waals surface area contributed by atoms with E-state index in [1.165, 1.54) is 0 Å². The van der Waals surface area contributed by atoms with Crippen LogP contribution in [0.25, 0.3) is 0 Å². The molecule has 2 heterocycles. The summed E-state index contributed by atoms with van der Waals surface area (Å²) < 4.78 is 30.7. The third-order valence-corrected chi connectivity index (χ3v) is 12.0. The first-order valence-corrected chi connectivity index (χ1v) is 21.8. The Bertz CT molecular complexity index is 1840. The van der Waals surface area contributed by atoms with Crippen molar-refractivity contribution in [3.8, 4) is 5.75 Å². The van der Waals surface area contributed by atoms with E-state index in [1.807, 2.05) is 33.9 Å². The Morgan fingerprint density at radius 1 is 0.833 bits per heavy atom. The van der Waals surface area contributed by atoms with Gasteiger partial charge in [-0.3, -0.25) is 24.1 Å². The SMILES string of the molecule is CCCCCC(=O)[C@H](CC(=O)OC1=CC[C@@]2(OC(=O)C[C@H](NC(=O)OC(C)(C)C)C(=O)CCCCC)[C@H]3Cc4ccc(C)c5c4[C@@]2(CCN3C)[C@H]1O5)NC(=O)OC(C)(C)C. The van der Waals surface area contributed by atoms with E-state index in [2.05, 4.69) is 21.6 Å². The van der Waals surface area contributed by atoms with Gasteiger partial charge >= 0.3 is 24.1 Å². The predicted molar refractivity (Wildman–Crippen MR) is 223 cm³/mol. The second kappa shape index (κ2) is 18.7. The van der Waals surface area contributed by atoms with Gasteiger partial charge in [0.25, 0.3) is 0 Å². The summed E-state index contributed by atoms with van der Waals surface area (Å²) in [6.07, 6.45) is 4.66. The number of ether oxygens (including phenoxy) is 5. The lowest BCUT2D eigenvalue weighted by molar-refractivity contribution is -0.206. The fourth-order valence-electron chi connectivity index (χ4n) is 9.34. The molecule has 1 aromatic rings. The van der Waals surface area contributed by atoms with Crippen LogP contribution >= 0.6 is 0 Å². The van der Waals surface area contributed by atoms with E-state index in [-0.39, 0.29) is 42.6 Å². The van der Waals surface area contributed by atoms with Crippen LogP contribution in [0.4, 0.5) is 9.59 Å². The van der Waals surface area contributed by atoms with Crippen LogP contribution in [0.1, 0.15) is 149 Å². The van der Waals surface area contributed by atoms with E-state index >= 15 is 0 Å². The van der Waals surface area contributed by atoms with E-state index in [1.54, 1.807) is 47.6 Å². The zero-order chi connectivity index (χ0) is 44.2. The molecule has 14 nitrogen and oxygen atoms in total. The van der Waals surface area contributed by atoms with Crippen molar-refractivity contribution >= 4 is 35.7 Å². The van der Waals surface area contributed by atoms with Crippen molar-refractivity contribution in [2.45, 2.75) is 192 Å². The number of alkyl carbamates (subject to hydrolysis) is 2. The number of Topliss-reactive ketones (excluding diaryl/α,β-unsaturated/α-hetero) is 2. The van der Waals surface area contributed by atoms with Gasteiger partial charge in [0.05, 0.1) is 24.3 Å². The van der Waals surface area contributed by atoms with Crippen LogP contribution in [0.15, 0.2) is 24.0 Å². The molecule has 2 amide bonds. The number of amides is 2. The average molecular weight is 838 g/mol. The number of nitrogens with one attached hydrogen (secondary N) is 2. The first-order chi connectivity index (χ1) is 28.1. The number of likely N-dealkylation sites (tertiary alicyclic amines) is 1. The number of carbonyl (C=O) groups excluding carboxylic acids is 6. The highest BCUT2D eigenvalue weighted by molar-refractivity contribution is 5.92. The van der Waals surface area contributed by atoms with Crippen LogP contribution in [-0.2, 0) is 50.0 Å². The minimum atomic E-state index is -1.21. The number of carbonyl (C=O) groups is 6. The van der Waals surface area contributed by atoms with Gasteiger partial charge in [-0.05, 0) is 105 Å². The highest BCUT2D eigenvalue weighted by Gasteiger charge is 2.74. The highest BCUT2D eigenvalue weighted by atomic mass is 16.6. The second-order valence-electron chi connectivity index (χ2n) is 19.0. The number of piperidine rings is 1. The van der Waals surface area contributed by atoms with Crippen molar-refractivity contribution < 1.29 is 52.5 Å². The van der Waals surface area contributed by atoms with Crippen molar-refractivity contribution in [1.82, 2.24) is 15.5 Å². The largest absolute Gasteiger partial charge is 0.481 e. The number of benzene rings is 1. The lowest BCUT2D eigenvalue weighted by atomic mass is 9.50. The van der Waals surface area contributed by atoms with Crippen LogP contribution in [0, 0.1) is 6.92 Å². The van der Waals surface area contributed by atoms with E-state index in [9.17, 15) is 28.8 Å². The van der Waals surface area contributed by atoms with Crippen LogP contribution in [-0.4, -0.2) is 95.2 Å². The van der Waals surface area contributed by atoms with Gasteiger partial charge < -0.3 is 34.3 Å². The van der Waals surface area contributed by atoms with Crippen LogP contribution < -0.4 is 15.4 Å². The third kappa shape index (κ3) is 10.2.